The molecule has 34 heavy (non-hydrogen) atoms. The minimum absolute atomic E-state index is 0.0166. The van der Waals surface area contributed by atoms with Gasteiger partial charge in [0.2, 0.25) is 5.91 Å². The Hall–Kier alpha value is -3.39. The van der Waals surface area contributed by atoms with E-state index in [-0.39, 0.29) is 43.4 Å². The summed E-state index contributed by atoms with van der Waals surface area (Å²) in [6.07, 6.45) is 2.06. The van der Waals surface area contributed by atoms with E-state index in [1.165, 1.54) is 18.2 Å². The van der Waals surface area contributed by atoms with Gasteiger partial charge in [0.25, 0.3) is 0 Å². The molecule has 2 amide bonds. The van der Waals surface area contributed by atoms with Crippen LogP contribution in [-0.2, 0) is 19.1 Å². The Bertz CT molecular complexity index is 1010. The molecule has 1 fully saturated rings. The van der Waals surface area contributed by atoms with Crippen molar-refractivity contribution in [2.75, 3.05) is 20.3 Å². The second-order valence-electron chi connectivity index (χ2n) is 8.89. The summed E-state index contributed by atoms with van der Waals surface area (Å²) in [4.78, 5) is 36.3. The number of carboxylic acid groups (broad SMARTS) is 1. The van der Waals surface area contributed by atoms with Crippen LogP contribution < -0.4 is 10.6 Å². The average molecular weight is 467 g/mol. The summed E-state index contributed by atoms with van der Waals surface area (Å²) < 4.78 is 10.5. The summed E-state index contributed by atoms with van der Waals surface area (Å²) in [5.41, 5.74) is 4.64. The van der Waals surface area contributed by atoms with Crippen LogP contribution >= 0.6 is 0 Å². The third-order valence-electron chi connectivity index (χ3n) is 6.72. The number of methoxy groups -OCH3 is 1. The van der Waals surface area contributed by atoms with Crippen LogP contribution in [0.2, 0.25) is 0 Å². The number of carbonyl (C=O) groups is 3. The largest absolute Gasteiger partial charge is 0.480 e. The van der Waals surface area contributed by atoms with Gasteiger partial charge >= 0.3 is 12.1 Å². The Kier molecular flexibility index (Phi) is 7.47. The smallest absolute Gasteiger partial charge is 0.407 e. The molecule has 2 aliphatic rings. The van der Waals surface area contributed by atoms with Crippen molar-refractivity contribution in [1.82, 2.24) is 10.6 Å². The molecule has 2 aliphatic carbocycles. The fourth-order valence-electron chi connectivity index (χ4n) is 5.10. The van der Waals surface area contributed by atoms with Gasteiger partial charge in [0.1, 0.15) is 6.61 Å². The highest BCUT2D eigenvalue weighted by molar-refractivity contribution is 5.84. The lowest BCUT2D eigenvalue weighted by molar-refractivity contribution is -0.143. The number of nitrogens with one attached hydrogen (secondary N) is 2. The van der Waals surface area contributed by atoms with Crippen molar-refractivity contribution >= 4 is 18.0 Å². The molecule has 3 N–H and O–H groups in total. The van der Waals surface area contributed by atoms with Crippen LogP contribution in [0.1, 0.15) is 42.7 Å². The molecule has 0 bridgehead atoms. The van der Waals surface area contributed by atoms with Crippen molar-refractivity contribution in [3.05, 3.63) is 59.7 Å². The van der Waals surface area contributed by atoms with Gasteiger partial charge in [-0.25, -0.2) is 9.59 Å². The highest BCUT2D eigenvalue weighted by atomic mass is 16.5. The molecule has 8 nitrogen and oxygen atoms in total. The fraction of sp³-hybridized carbons (Fsp3) is 0.423. The average Bonchev–Trinajstić information content (AvgIpc) is 3.39. The lowest BCUT2D eigenvalue weighted by atomic mass is 9.98. The number of fused-ring (bicyclic) bond motifs is 3. The van der Waals surface area contributed by atoms with Crippen LogP contribution in [-0.4, -0.2) is 55.5 Å². The Balaban J connectivity index is 1.32. The number of aliphatic carboxylic acids is 1. The highest BCUT2D eigenvalue weighted by Gasteiger charge is 2.33. The van der Waals surface area contributed by atoms with Crippen LogP contribution in [0, 0.1) is 5.92 Å². The number of rotatable bonds is 9. The first-order chi connectivity index (χ1) is 16.5. The van der Waals surface area contributed by atoms with Gasteiger partial charge in [0.15, 0.2) is 6.04 Å². The molecule has 1 saturated carbocycles. The van der Waals surface area contributed by atoms with Crippen molar-refractivity contribution in [1.29, 1.82) is 0 Å². The molecule has 0 radical (unpaired) electrons. The van der Waals surface area contributed by atoms with Gasteiger partial charge in [0.05, 0.1) is 6.61 Å². The standard InChI is InChI=1S/C26H30N2O6/c1-33-15-23(25(30)31)27-24(29)13-16-7-6-12-22(16)28-26(32)34-14-21-19-10-4-2-8-17(19)18-9-3-5-11-20(18)21/h2-5,8-11,16,21-23H,6-7,12-15H2,1H3,(H,27,29)(H,28,32)(H,30,31)/t16-,22+,23?/m0/s1. The molecule has 3 atom stereocenters. The monoisotopic (exact) mass is 466 g/mol. The molecular formula is C26H30N2O6. The van der Waals surface area contributed by atoms with E-state index in [2.05, 4.69) is 34.9 Å². The minimum Gasteiger partial charge on any atom is -0.480 e. The summed E-state index contributed by atoms with van der Waals surface area (Å²) in [6, 6.07) is 15.0. The number of alkyl carbamates (subject to hydrolysis) is 1. The highest BCUT2D eigenvalue weighted by Crippen LogP contribution is 2.44. The Labute approximate surface area is 198 Å². The first-order valence-corrected chi connectivity index (χ1v) is 11.6. The number of carboxylic acids is 1. The van der Waals surface area contributed by atoms with E-state index < -0.39 is 18.1 Å². The van der Waals surface area contributed by atoms with Crippen LogP contribution in [0.3, 0.4) is 0 Å². The SMILES string of the molecule is COCC(NC(=O)C[C@@H]1CCC[C@H]1NC(=O)OCC1c2ccccc2-c2ccccc21)C(=O)O. The first kappa shape index (κ1) is 23.8. The molecule has 0 heterocycles. The van der Waals surface area contributed by atoms with Gasteiger partial charge in [-0.15, -0.1) is 0 Å². The van der Waals surface area contributed by atoms with Crippen LogP contribution in [0.5, 0.6) is 0 Å². The minimum atomic E-state index is -1.14. The van der Waals surface area contributed by atoms with E-state index in [0.717, 1.165) is 30.4 Å². The van der Waals surface area contributed by atoms with Gasteiger partial charge in [-0.3, -0.25) is 4.79 Å². The molecule has 1 unspecified atom stereocenters. The van der Waals surface area contributed by atoms with E-state index >= 15 is 0 Å². The zero-order valence-corrected chi connectivity index (χ0v) is 19.2. The van der Waals surface area contributed by atoms with Crippen molar-refractivity contribution in [3.8, 4) is 11.1 Å². The number of ether oxygens (including phenoxy) is 2. The maximum Gasteiger partial charge on any atom is 0.407 e. The second-order valence-corrected chi connectivity index (χ2v) is 8.89. The van der Waals surface area contributed by atoms with Crippen molar-refractivity contribution in [2.24, 2.45) is 5.92 Å². The lowest BCUT2D eigenvalue weighted by Crippen LogP contribution is -2.45. The van der Waals surface area contributed by atoms with Crippen LogP contribution in [0.25, 0.3) is 11.1 Å². The molecule has 0 aliphatic heterocycles. The molecule has 180 valence electrons. The quantitative estimate of drug-likeness (QED) is 0.523. The van der Waals surface area contributed by atoms with Gasteiger partial charge in [-0.2, -0.15) is 0 Å². The fourth-order valence-corrected chi connectivity index (χ4v) is 5.10. The van der Waals surface area contributed by atoms with Crippen molar-refractivity contribution in [2.45, 2.75) is 43.7 Å². The molecule has 2 aromatic carbocycles. The van der Waals surface area contributed by atoms with Crippen LogP contribution in [0.4, 0.5) is 4.79 Å². The van der Waals surface area contributed by atoms with Crippen molar-refractivity contribution < 1.29 is 29.0 Å². The predicted octanol–water partition coefficient (Wildman–Crippen LogP) is 3.30. The summed E-state index contributed by atoms with van der Waals surface area (Å²) in [5, 5.41) is 14.6. The molecule has 0 saturated heterocycles. The third-order valence-corrected chi connectivity index (χ3v) is 6.72. The first-order valence-electron chi connectivity index (χ1n) is 11.6. The van der Waals surface area contributed by atoms with E-state index in [9.17, 15) is 19.5 Å². The summed E-state index contributed by atoms with van der Waals surface area (Å²) >= 11 is 0. The topological polar surface area (TPSA) is 114 Å². The van der Waals surface area contributed by atoms with E-state index in [1.807, 2.05) is 24.3 Å². The van der Waals surface area contributed by atoms with Gasteiger partial charge in [0, 0.05) is 25.5 Å². The number of carbonyl (C=O) groups excluding carboxylic acids is 2. The number of hydrogen-bond donors (Lipinski definition) is 3. The molecule has 4 rings (SSSR count). The van der Waals surface area contributed by atoms with Gasteiger partial charge in [-0.05, 0) is 41.0 Å². The Morgan fingerprint density at radius 1 is 1.03 bits per heavy atom. The maximum atomic E-state index is 12.6. The number of amides is 2. The van der Waals surface area contributed by atoms with E-state index in [0.29, 0.717) is 0 Å². The van der Waals surface area contributed by atoms with E-state index in [1.54, 1.807) is 0 Å². The second kappa shape index (κ2) is 10.7. The zero-order chi connectivity index (χ0) is 24.1. The zero-order valence-electron chi connectivity index (χ0n) is 19.2. The molecular weight excluding hydrogens is 436 g/mol. The molecule has 0 aromatic heterocycles. The summed E-state index contributed by atoms with van der Waals surface area (Å²) in [7, 11) is 1.38. The maximum absolute atomic E-state index is 12.6. The van der Waals surface area contributed by atoms with Crippen LogP contribution in [0.15, 0.2) is 48.5 Å². The molecule has 8 heteroatoms. The predicted molar refractivity (Wildman–Crippen MR) is 125 cm³/mol. The van der Waals surface area contributed by atoms with Gasteiger partial charge < -0.3 is 25.2 Å². The summed E-state index contributed by atoms with van der Waals surface area (Å²) in [6.45, 7) is 0.127. The number of hydrogen-bond acceptors (Lipinski definition) is 5. The Morgan fingerprint density at radius 2 is 1.68 bits per heavy atom. The third kappa shape index (κ3) is 5.22. The van der Waals surface area contributed by atoms with Crippen molar-refractivity contribution in [3.63, 3.8) is 0 Å². The lowest BCUT2D eigenvalue weighted by Gasteiger charge is -2.22. The summed E-state index contributed by atoms with van der Waals surface area (Å²) in [5.74, 6) is -1.60. The molecule has 0 spiro atoms. The normalized spacial score (nSPS) is 19.7. The van der Waals surface area contributed by atoms with Gasteiger partial charge in [-0.1, -0.05) is 55.0 Å². The Morgan fingerprint density at radius 3 is 2.29 bits per heavy atom. The number of benzene rings is 2. The van der Waals surface area contributed by atoms with E-state index in [4.69, 9.17) is 9.47 Å². The molecule has 2 aromatic rings.